The van der Waals surface area contributed by atoms with E-state index < -0.39 is 28.0 Å². The van der Waals surface area contributed by atoms with Gasteiger partial charge in [-0.3, -0.25) is 0 Å². The van der Waals surface area contributed by atoms with Crippen molar-refractivity contribution in [3.8, 4) is 11.3 Å². The van der Waals surface area contributed by atoms with Crippen LogP contribution < -0.4 is 5.73 Å². The molecule has 0 bridgehead atoms. The molecule has 0 fully saturated rings. The fraction of sp³-hybridized carbons (Fsp3) is 0. The quantitative estimate of drug-likeness (QED) is 0.641. The van der Waals surface area contributed by atoms with Crippen molar-refractivity contribution < 1.29 is 17.7 Å². The Hall–Kier alpha value is -1.21. The topological polar surface area (TPSA) is 52.0 Å². The van der Waals surface area contributed by atoms with E-state index in [1.165, 1.54) is 0 Å². The number of hydrogen-bond acceptors (Lipinski definition) is 3. The number of nitrogens with two attached hydrogens (primary N) is 1. The van der Waals surface area contributed by atoms with Gasteiger partial charge in [0, 0.05) is 6.07 Å². The van der Waals surface area contributed by atoms with Crippen molar-refractivity contribution in [3.63, 3.8) is 0 Å². The van der Waals surface area contributed by atoms with Crippen molar-refractivity contribution in [2.75, 3.05) is 5.73 Å². The molecule has 2 aromatic rings. The second-order valence-corrected chi connectivity index (χ2v) is 4.23. The molecule has 1 aromatic heterocycles. The highest BCUT2D eigenvalue weighted by atomic mass is 79.9. The predicted octanol–water partition coefficient (Wildman–Crippen LogP) is 3.76. The molecule has 2 rings (SSSR count). The van der Waals surface area contributed by atoms with Crippen LogP contribution in [0.2, 0.25) is 5.02 Å². The van der Waals surface area contributed by atoms with E-state index in [4.69, 9.17) is 17.3 Å². The van der Waals surface area contributed by atoms with Gasteiger partial charge in [0.2, 0.25) is 0 Å². The van der Waals surface area contributed by atoms with Crippen LogP contribution >= 0.6 is 27.5 Å². The van der Waals surface area contributed by atoms with E-state index in [0.29, 0.717) is 0 Å². The van der Waals surface area contributed by atoms with Crippen molar-refractivity contribution in [1.82, 2.24) is 5.16 Å². The van der Waals surface area contributed by atoms with E-state index in [2.05, 4.69) is 25.6 Å². The maximum absolute atomic E-state index is 13.6. The van der Waals surface area contributed by atoms with E-state index in [-0.39, 0.29) is 16.1 Å². The second-order valence-electron chi connectivity index (χ2n) is 3.06. The molecule has 0 saturated heterocycles. The second kappa shape index (κ2) is 4.23. The molecule has 90 valence electrons. The van der Waals surface area contributed by atoms with Crippen molar-refractivity contribution in [3.05, 3.63) is 33.0 Å². The molecule has 1 heterocycles. The van der Waals surface area contributed by atoms with E-state index in [9.17, 15) is 13.2 Å². The summed E-state index contributed by atoms with van der Waals surface area (Å²) in [7, 11) is 0. The molecule has 0 saturated carbocycles. The molecule has 2 N–H and O–H groups in total. The number of nitrogen functional groups attached to an aromatic ring is 1. The Bertz CT molecular complexity index is 573. The highest BCUT2D eigenvalue weighted by Crippen LogP contribution is 2.38. The largest absolute Gasteiger partial charge is 0.381 e. The van der Waals surface area contributed by atoms with E-state index in [0.717, 1.165) is 6.07 Å². The molecule has 0 unspecified atom stereocenters. The third-order valence-electron chi connectivity index (χ3n) is 1.98. The summed E-state index contributed by atoms with van der Waals surface area (Å²) < 4.78 is 44.6. The van der Waals surface area contributed by atoms with Gasteiger partial charge in [-0.2, -0.15) is 0 Å². The van der Waals surface area contributed by atoms with Crippen LogP contribution in [0.15, 0.2) is 15.1 Å². The zero-order valence-electron chi connectivity index (χ0n) is 7.90. The number of anilines is 1. The SMILES string of the molecule is Nc1cc(-c2c(F)c(F)c(Cl)c(F)c2Br)on1. The lowest BCUT2D eigenvalue weighted by Crippen LogP contribution is -1.96. The number of hydrogen-bond donors (Lipinski definition) is 1. The first-order valence-electron chi connectivity index (χ1n) is 4.17. The summed E-state index contributed by atoms with van der Waals surface area (Å²) in [5.41, 5.74) is 4.80. The Balaban J connectivity index is 2.78. The summed E-state index contributed by atoms with van der Waals surface area (Å²) >= 11 is 8.03. The molecule has 0 aliphatic carbocycles. The van der Waals surface area contributed by atoms with E-state index in [1.54, 1.807) is 0 Å². The Labute approximate surface area is 106 Å². The van der Waals surface area contributed by atoms with E-state index >= 15 is 0 Å². The Morgan fingerprint density at radius 1 is 1.24 bits per heavy atom. The fourth-order valence-electron chi connectivity index (χ4n) is 1.23. The van der Waals surface area contributed by atoms with Gasteiger partial charge < -0.3 is 10.3 Å². The van der Waals surface area contributed by atoms with Crippen LogP contribution in [0, 0.1) is 17.5 Å². The Morgan fingerprint density at radius 2 is 1.88 bits per heavy atom. The van der Waals surface area contributed by atoms with Gasteiger partial charge in [0.15, 0.2) is 29.0 Å². The van der Waals surface area contributed by atoms with Gasteiger partial charge in [-0.25, -0.2) is 13.2 Å². The van der Waals surface area contributed by atoms with Crippen LogP contribution in [-0.2, 0) is 0 Å². The molecular weight excluding hydrogens is 324 g/mol. The van der Waals surface area contributed by atoms with Gasteiger partial charge in [0.1, 0.15) is 5.02 Å². The Kier molecular flexibility index (Phi) is 3.05. The van der Waals surface area contributed by atoms with Crippen molar-refractivity contribution >= 4 is 33.3 Å². The average molecular weight is 327 g/mol. The first kappa shape index (κ1) is 12.3. The summed E-state index contributed by atoms with van der Waals surface area (Å²) in [5.74, 6) is -4.23. The van der Waals surface area contributed by atoms with Gasteiger partial charge in [0.05, 0.1) is 10.0 Å². The van der Waals surface area contributed by atoms with Crippen molar-refractivity contribution in [2.45, 2.75) is 0 Å². The Morgan fingerprint density at radius 3 is 2.41 bits per heavy atom. The average Bonchev–Trinajstić information content (AvgIpc) is 2.71. The zero-order valence-corrected chi connectivity index (χ0v) is 10.2. The maximum atomic E-state index is 13.6. The first-order valence-corrected chi connectivity index (χ1v) is 5.34. The summed E-state index contributed by atoms with van der Waals surface area (Å²) in [6.07, 6.45) is 0. The molecule has 1 aromatic carbocycles. The van der Waals surface area contributed by atoms with Crippen LogP contribution in [0.1, 0.15) is 0 Å². The lowest BCUT2D eigenvalue weighted by Gasteiger charge is -2.06. The van der Waals surface area contributed by atoms with Gasteiger partial charge in [-0.15, -0.1) is 0 Å². The third kappa shape index (κ3) is 1.89. The maximum Gasteiger partial charge on any atom is 0.181 e. The molecule has 0 amide bonds. The zero-order chi connectivity index (χ0) is 12.7. The molecular formula is C9H3BrClF3N2O. The van der Waals surface area contributed by atoms with Crippen LogP contribution in [0.25, 0.3) is 11.3 Å². The monoisotopic (exact) mass is 326 g/mol. The highest BCUT2D eigenvalue weighted by Gasteiger charge is 2.25. The lowest BCUT2D eigenvalue weighted by molar-refractivity contribution is 0.428. The van der Waals surface area contributed by atoms with E-state index in [1.807, 2.05) is 0 Å². The van der Waals surface area contributed by atoms with Crippen molar-refractivity contribution in [2.24, 2.45) is 0 Å². The molecule has 0 radical (unpaired) electrons. The first-order chi connectivity index (χ1) is 7.93. The molecule has 0 aliphatic rings. The minimum absolute atomic E-state index is 0.0398. The van der Waals surface area contributed by atoms with Crippen LogP contribution in [0.3, 0.4) is 0 Å². The molecule has 0 atom stereocenters. The molecule has 3 nitrogen and oxygen atoms in total. The summed E-state index contributed by atoms with van der Waals surface area (Å²) in [6.45, 7) is 0. The molecule has 17 heavy (non-hydrogen) atoms. The van der Waals surface area contributed by atoms with Gasteiger partial charge in [-0.1, -0.05) is 16.8 Å². The van der Waals surface area contributed by atoms with Gasteiger partial charge in [-0.05, 0) is 15.9 Å². The smallest absolute Gasteiger partial charge is 0.181 e. The fourth-order valence-corrected chi connectivity index (χ4v) is 2.09. The number of aromatic nitrogens is 1. The van der Waals surface area contributed by atoms with Gasteiger partial charge in [0.25, 0.3) is 0 Å². The minimum atomic E-state index is -1.50. The number of rotatable bonds is 1. The minimum Gasteiger partial charge on any atom is -0.381 e. The number of benzene rings is 1. The standard InChI is InChI=1S/C9H3BrClF3N2O/c10-5-4(2-1-3(15)16-17-2)7(12)9(14)6(11)8(5)13/h1H,(H2,15,16). The summed E-state index contributed by atoms with van der Waals surface area (Å²) in [6, 6.07) is 1.13. The van der Waals surface area contributed by atoms with Crippen LogP contribution in [0.4, 0.5) is 19.0 Å². The van der Waals surface area contributed by atoms with Crippen molar-refractivity contribution in [1.29, 1.82) is 0 Å². The number of nitrogens with zero attached hydrogens (tertiary/aromatic N) is 1. The molecule has 0 spiro atoms. The molecule has 8 heteroatoms. The third-order valence-corrected chi connectivity index (χ3v) is 3.06. The highest BCUT2D eigenvalue weighted by molar-refractivity contribution is 9.10. The number of halogens is 5. The normalized spacial score (nSPS) is 10.9. The van der Waals surface area contributed by atoms with Gasteiger partial charge >= 0.3 is 0 Å². The summed E-state index contributed by atoms with van der Waals surface area (Å²) in [5, 5.41) is 2.36. The lowest BCUT2D eigenvalue weighted by atomic mass is 10.1. The summed E-state index contributed by atoms with van der Waals surface area (Å²) in [4.78, 5) is 0. The van der Waals surface area contributed by atoms with Crippen LogP contribution in [0.5, 0.6) is 0 Å². The molecule has 0 aliphatic heterocycles. The predicted molar refractivity (Wildman–Crippen MR) is 58.9 cm³/mol. The van der Waals surface area contributed by atoms with Crippen LogP contribution in [-0.4, -0.2) is 5.16 Å².